The van der Waals surface area contributed by atoms with Crippen molar-refractivity contribution in [3.63, 3.8) is 0 Å². The number of rotatable bonds is 2. The number of nitrogens with zero attached hydrogens (tertiary/aromatic N) is 1. The smallest absolute Gasteiger partial charge is 0.226 e. The molecule has 2 N–H and O–H groups in total. The number of amides is 1. The summed E-state index contributed by atoms with van der Waals surface area (Å²) in [4.78, 5) is 14.9. The van der Waals surface area contributed by atoms with Crippen molar-refractivity contribution in [2.45, 2.75) is 50.1 Å². The highest BCUT2D eigenvalue weighted by Gasteiger charge is 2.53. The summed E-state index contributed by atoms with van der Waals surface area (Å²) in [6.45, 7) is 0.866. The Morgan fingerprint density at radius 2 is 2.00 bits per heavy atom. The van der Waals surface area contributed by atoms with Gasteiger partial charge < -0.3 is 15.3 Å². The maximum atomic E-state index is 12.9. The molecule has 118 valence electrons. The van der Waals surface area contributed by atoms with Crippen molar-refractivity contribution in [3.05, 3.63) is 29.8 Å². The Labute approximate surface area is 131 Å². The molecule has 2 fully saturated rings. The van der Waals surface area contributed by atoms with Crippen molar-refractivity contribution in [2.24, 2.45) is 5.92 Å². The van der Waals surface area contributed by atoms with Gasteiger partial charge in [-0.3, -0.25) is 4.79 Å². The van der Waals surface area contributed by atoms with E-state index >= 15 is 0 Å². The molecular weight excluding hydrogens is 276 g/mol. The van der Waals surface area contributed by atoms with Crippen LogP contribution in [0, 0.1) is 5.92 Å². The topological polar surface area (TPSA) is 52.6 Å². The number of benzene rings is 1. The maximum Gasteiger partial charge on any atom is 0.226 e. The van der Waals surface area contributed by atoms with Gasteiger partial charge in [-0.15, -0.1) is 0 Å². The SMILES string of the molecule is O=C(C1CCCCC1)N1[C@@H](CO)[C@@H]2c3ccccc3NC[C@@H]21. The highest BCUT2D eigenvalue weighted by molar-refractivity contribution is 5.82. The van der Waals surface area contributed by atoms with Crippen molar-refractivity contribution < 1.29 is 9.90 Å². The lowest BCUT2D eigenvalue weighted by molar-refractivity contribution is -0.155. The van der Waals surface area contributed by atoms with Gasteiger partial charge in [0.2, 0.25) is 5.91 Å². The van der Waals surface area contributed by atoms with E-state index in [0.717, 1.165) is 25.1 Å². The number of aliphatic hydroxyl groups is 1. The molecule has 2 aliphatic heterocycles. The molecule has 1 aromatic rings. The lowest BCUT2D eigenvalue weighted by atomic mass is 9.71. The molecule has 3 atom stereocenters. The first-order valence-corrected chi connectivity index (χ1v) is 8.57. The van der Waals surface area contributed by atoms with Crippen LogP contribution in [0.25, 0.3) is 0 Å². The van der Waals surface area contributed by atoms with Crippen molar-refractivity contribution >= 4 is 11.6 Å². The van der Waals surface area contributed by atoms with Gasteiger partial charge in [-0.2, -0.15) is 0 Å². The molecule has 4 nitrogen and oxygen atoms in total. The van der Waals surface area contributed by atoms with Gasteiger partial charge in [0.1, 0.15) is 0 Å². The van der Waals surface area contributed by atoms with Crippen LogP contribution in [0.3, 0.4) is 0 Å². The third-order valence-electron chi connectivity index (χ3n) is 5.76. The summed E-state index contributed by atoms with van der Waals surface area (Å²) in [5, 5.41) is 13.3. The number of likely N-dealkylation sites (tertiary alicyclic amines) is 1. The summed E-state index contributed by atoms with van der Waals surface area (Å²) in [7, 11) is 0. The Morgan fingerprint density at radius 1 is 1.23 bits per heavy atom. The Bertz CT molecular complexity index is 568. The number of anilines is 1. The first kappa shape index (κ1) is 14.1. The number of nitrogens with one attached hydrogen (secondary N) is 1. The molecule has 1 saturated heterocycles. The summed E-state index contributed by atoms with van der Waals surface area (Å²) in [5.41, 5.74) is 2.41. The number of fused-ring (bicyclic) bond motifs is 3. The fourth-order valence-electron chi connectivity index (χ4n) is 4.64. The van der Waals surface area contributed by atoms with E-state index in [1.54, 1.807) is 0 Å². The Balaban J connectivity index is 1.57. The lowest BCUT2D eigenvalue weighted by Crippen LogP contribution is -2.69. The molecule has 3 aliphatic rings. The minimum atomic E-state index is -0.0392. The Kier molecular flexibility index (Phi) is 3.57. The minimum Gasteiger partial charge on any atom is -0.394 e. The van der Waals surface area contributed by atoms with Crippen molar-refractivity contribution in [1.82, 2.24) is 4.90 Å². The normalized spacial score (nSPS) is 30.8. The number of hydrogen-bond acceptors (Lipinski definition) is 3. The zero-order valence-electron chi connectivity index (χ0n) is 12.9. The largest absolute Gasteiger partial charge is 0.394 e. The number of para-hydroxylation sites is 1. The van der Waals surface area contributed by atoms with E-state index in [1.807, 2.05) is 17.0 Å². The van der Waals surface area contributed by atoms with Crippen LogP contribution >= 0.6 is 0 Å². The van der Waals surface area contributed by atoms with Crippen LogP contribution in [0.5, 0.6) is 0 Å². The fourth-order valence-corrected chi connectivity index (χ4v) is 4.64. The van der Waals surface area contributed by atoms with Crippen molar-refractivity contribution in [2.75, 3.05) is 18.5 Å². The molecule has 2 heterocycles. The zero-order chi connectivity index (χ0) is 15.1. The van der Waals surface area contributed by atoms with Crippen LogP contribution in [-0.2, 0) is 4.79 Å². The van der Waals surface area contributed by atoms with E-state index in [4.69, 9.17) is 0 Å². The lowest BCUT2D eigenvalue weighted by Gasteiger charge is -2.58. The number of carbonyl (C=O) groups is 1. The molecule has 4 rings (SSSR count). The molecule has 0 unspecified atom stereocenters. The fraction of sp³-hybridized carbons (Fsp3) is 0.611. The van der Waals surface area contributed by atoms with E-state index in [0.29, 0.717) is 0 Å². The highest BCUT2D eigenvalue weighted by Crippen LogP contribution is 2.47. The Hall–Kier alpha value is -1.55. The van der Waals surface area contributed by atoms with Gasteiger partial charge in [-0.1, -0.05) is 37.5 Å². The van der Waals surface area contributed by atoms with Gasteiger partial charge in [-0.25, -0.2) is 0 Å². The number of aliphatic hydroxyl groups excluding tert-OH is 1. The van der Waals surface area contributed by atoms with E-state index in [-0.39, 0.29) is 36.4 Å². The van der Waals surface area contributed by atoms with Crippen molar-refractivity contribution in [1.29, 1.82) is 0 Å². The van der Waals surface area contributed by atoms with Gasteiger partial charge >= 0.3 is 0 Å². The zero-order valence-corrected chi connectivity index (χ0v) is 12.9. The Morgan fingerprint density at radius 3 is 2.77 bits per heavy atom. The van der Waals surface area contributed by atoms with E-state index in [2.05, 4.69) is 17.4 Å². The summed E-state index contributed by atoms with van der Waals surface area (Å²) in [5.74, 6) is 0.747. The average molecular weight is 300 g/mol. The van der Waals surface area contributed by atoms with Crippen molar-refractivity contribution in [3.8, 4) is 0 Å². The first-order valence-electron chi connectivity index (χ1n) is 8.57. The van der Waals surface area contributed by atoms with E-state index < -0.39 is 0 Å². The molecule has 0 aromatic heterocycles. The van der Waals surface area contributed by atoms with E-state index in [9.17, 15) is 9.90 Å². The monoisotopic (exact) mass is 300 g/mol. The molecule has 0 bridgehead atoms. The second-order valence-electron chi connectivity index (χ2n) is 6.89. The summed E-state index contributed by atoms with van der Waals surface area (Å²) >= 11 is 0. The van der Waals surface area contributed by atoms with Crippen LogP contribution in [0.4, 0.5) is 5.69 Å². The second-order valence-corrected chi connectivity index (χ2v) is 6.89. The predicted molar refractivity (Wildman–Crippen MR) is 85.8 cm³/mol. The van der Waals surface area contributed by atoms with E-state index in [1.165, 1.54) is 24.8 Å². The highest BCUT2D eigenvalue weighted by atomic mass is 16.3. The molecule has 0 spiro atoms. The molecule has 22 heavy (non-hydrogen) atoms. The minimum absolute atomic E-state index is 0.0392. The average Bonchev–Trinajstić information content (AvgIpc) is 2.56. The van der Waals surface area contributed by atoms with Crippen LogP contribution in [0.2, 0.25) is 0 Å². The summed E-state index contributed by atoms with van der Waals surface area (Å²) < 4.78 is 0. The standard InChI is InChI=1S/C18H24N2O2/c21-11-16-17-13-8-4-5-9-14(13)19-10-15(17)20(16)18(22)12-6-2-1-3-7-12/h4-5,8-9,12,15-17,19,21H,1-3,6-7,10-11H2/t15-,16-,17+/m0/s1. The molecule has 1 saturated carbocycles. The van der Waals surface area contributed by atoms with Gasteiger partial charge in [0.25, 0.3) is 0 Å². The molecule has 1 aromatic carbocycles. The van der Waals surface area contributed by atoms with Crippen LogP contribution < -0.4 is 5.32 Å². The molecule has 1 amide bonds. The van der Waals surface area contributed by atoms with Crippen LogP contribution in [0.15, 0.2) is 24.3 Å². The van der Waals surface area contributed by atoms with Gasteiger partial charge in [0.05, 0.1) is 18.7 Å². The third kappa shape index (κ3) is 2.04. The molecule has 0 radical (unpaired) electrons. The van der Waals surface area contributed by atoms with Crippen LogP contribution in [-0.4, -0.2) is 41.1 Å². The van der Waals surface area contributed by atoms with Gasteiger partial charge in [0.15, 0.2) is 0 Å². The maximum absolute atomic E-state index is 12.9. The van der Waals surface area contributed by atoms with Gasteiger partial charge in [-0.05, 0) is 24.5 Å². The first-order chi connectivity index (χ1) is 10.8. The molecular formula is C18H24N2O2. The van der Waals surface area contributed by atoms with Gasteiger partial charge in [0, 0.05) is 24.1 Å². The van der Waals surface area contributed by atoms with Crippen LogP contribution in [0.1, 0.15) is 43.6 Å². The quantitative estimate of drug-likeness (QED) is 0.881. The molecule has 4 heteroatoms. The number of hydrogen-bond donors (Lipinski definition) is 2. The summed E-state index contributed by atoms with van der Waals surface area (Å²) in [6.07, 6.45) is 5.64. The summed E-state index contributed by atoms with van der Waals surface area (Å²) in [6, 6.07) is 8.46. The number of carbonyl (C=O) groups excluding carboxylic acids is 1. The second kappa shape index (κ2) is 5.58. The predicted octanol–water partition coefficient (Wildman–Crippen LogP) is 2.35. The molecule has 1 aliphatic carbocycles. The third-order valence-corrected chi connectivity index (χ3v) is 5.76.